The number of halogens is 4. The van der Waals surface area contributed by atoms with E-state index in [0.717, 1.165) is 137 Å². The summed E-state index contributed by atoms with van der Waals surface area (Å²) in [5, 5.41) is 7.36. The number of fused-ring (bicyclic) bond motifs is 9. The molecule has 117 heavy (non-hydrogen) atoms. The molecule has 564 valence electrons. The van der Waals surface area contributed by atoms with Crippen LogP contribution in [0.4, 0.5) is 17.6 Å². The first-order chi connectivity index (χ1) is 56.8. The van der Waals surface area contributed by atoms with Gasteiger partial charge < -0.3 is 13.7 Å². The van der Waals surface area contributed by atoms with Crippen molar-refractivity contribution in [3.63, 3.8) is 0 Å². The number of hydrogen-bond acceptors (Lipinski definition) is 4. The van der Waals surface area contributed by atoms with Crippen LogP contribution < -0.4 is 0 Å². The summed E-state index contributed by atoms with van der Waals surface area (Å²) in [6.45, 7) is 13.7. The van der Waals surface area contributed by atoms with Crippen molar-refractivity contribution in [1.29, 1.82) is 0 Å². The Bertz CT molecular complexity index is 7120. The summed E-state index contributed by atoms with van der Waals surface area (Å²) < 4.78 is 64.6. The summed E-state index contributed by atoms with van der Waals surface area (Å²) in [5.74, 6) is -2.47. The van der Waals surface area contributed by atoms with Crippen molar-refractivity contribution in [2.45, 2.75) is 52.4 Å². The molecule has 0 aliphatic rings. The average Bonchev–Trinajstić information content (AvgIpc) is 1.60. The highest BCUT2D eigenvalue weighted by molar-refractivity contribution is 6.12. The first-order valence-electron chi connectivity index (χ1n) is 39.3. The van der Waals surface area contributed by atoms with Crippen LogP contribution in [-0.4, -0.2) is 33.6 Å². The molecule has 0 saturated carbocycles. The van der Waals surface area contributed by atoms with Crippen molar-refractivity contribution in [1.82, 2.24) is 33.6 Å². The molecule has 0 aliphatic carbocycles. The highest BCUT2D eigenvalue weighted by atomic mass is 19.1. The fourth-order valence-electron chi connectivity index (χ4n) is 16.4. The van der Waals surface area contributed by atoms with Gasteiger partial charge in [-0.05, 0) is 195 Å². The van der Waals surface area contributed by atoms with Crippen LogP contribution in [0.5, 0.6) is 0 Å². The molecule has 0 spiro atoms. The van der Waals surface area contributed by atoms with E-state index in [1.807, 2.05) is 60.7 Å². The SMILES string of the molecule is CC(C)(C)c1ccc2c(c1)c1ccccc1n2-c1cccc(-c2cccc(-c3cc(-c4ccccc4)nc(-c4cccc(-n5c6ccccc6c6cc(C(C)(C)C)ccc65)c4)n3)c2)c1.Fc1cc(F)cc(-c2cc(-c3cccc(-c4cc(-c5ccccc5)cc(-n5c6ccccc6c6ccccc65)c4)c3)nc(-c3cc(F)cc(F)c3)n2)c1. The third kappa shape index (κ3) is 14.1. The van der Waals surface area contributed by atoms with Gasteiger partial charge >= 0.3 is 0 Å². The number of rotatable bonds is 12. The molecule has 0 N–H and O–H groups in total. The minimum atomic E-state index is -0.799. The van der Waals surface area contributed by atoms with Crippen LogP contribution >= 0.6 is 0 Å². The number of hydrogen-bond donors (Lipinski definition) is 0. The van der Waals surface area contributed by atoms with Crippen molar-refractivity contribution in [2.75, 3.05) is 0 Å². The van der Waals surface area contributed by atoms with Crippen LogP contribution in [0.2, 0.25) is 0 Å². The predicted octanol–water partition coefficient (Wildman–Crippen LogP) is 28.4. The summed E-state index contributed by atoms with van der Waals surface area (Å²) in [6, 6.07) is 119. The van der Waals surface area contributed by atoms with Crippen LogP contribution in [0.25, 0.3) is 184 Å². The maximum absolute atomic E-state index is 14.4. The second kappa shape index (κ2) is 29.5. The zero-order valence-electron chi connectivity index (χ0n) is 65.2. The highest BCUT2D eigenvalue weighted by Gasteiger charge is 2.24. The van der Waals surface area contributed by atoms with E-state index in [0.29, 0.717) is 17.1 Å². The molecule has 0 aliphatic heterocycles. The van der Waals surface area contributed by atoms with E-state index in [2.05, 4.69) is 315 Å². The lowest BCUT2D eigenvalue weighted by molar-refractivity contribution is 0.583. The summed E-state index contributed by atoms with van der Waals surface area (Å²) >= 11 is 0. The number of aromatic nitrogens is 7. The maximum atomic E-state index is 14.4. The van der Waals surface area contributed by atoms with Crippen molar-refractivity contribution in [3.05, 3.63) is 392 Å². The fraction of sp³-hybridized carbons (Fsp3) is 0.0755. The van der Waals surface area contributed by atoms with Gasteiger partial charge in [-0.25, -0.2) is 37.5 Å². The van der Waals surface area contributed by atoms with Crippen LogP contribution in [0.3, 0.4) is 0 Å². The zero-order chi connectivity index (χ0) is 79.8. The van der Waals surface area contributed by atoms with Crippen molar-refractivity contribution in [3.8, 4) is 118 Å². The van der Waals surface area contributed by atoms with E-state index < -0.39 is 23.3 Å². The molecular weight excluding hydrogens is 1450 g/mol. The smallest absolute Gasteiger partial charge is 0.160 e. The minimum absolute atomic E-state index is 0.00528. The van der Waals surface area contributed by atoms with Crippen molar-refractivity contribution in [2.24, 2.45) is 0 Å². The Hall–Kier alpha value is -14.4. The van der Waals surface area contributed by atoms with Crippen LogP contribution in [-0.2, 0) is 10.8 Å². The Morgan fingerprint density at radius 3 is 0.957 bits per heavy atom. The quantitative estimate of drug-likeness (QED) is 0.114. The van der Waals surface area contributed by atoms with Gasteiger partial charge in [0, 0.05) is 94.9 Å². The number of benzene rings is 15. The molecule has 11 heteroatoms. The molecule has 5 aromatic heterocycles. The topological polar surface area (TPSA) is 66.3 Å². The zero-order valence-corrected chi connectivity index (χ0v) is 65.2. The molecule has 0 bridgehead atoms. The van der Waals surface area contributed by atoms with E-state index in [9.17, 15) is 17.6 Å². The maximum Gasteiger partial charge on any atom is 0.160 e. The molecule has 15 aromatic carbocycles. The minimum Gasteiger partial charge on any atom is -0.309 e. The van der Waals surface area contributed by atoms with Gasteiger partial charge in [0.2, 0.25) is 0 Å². The third-order valence-electron chi connectivity index (χ3n) is 22.2. The summed E-state index contributed by atoms with van der Waals surface area (Å²) in [6.07, 6.45) is 0. The van der Waals surface area contributed by atoms with Gasteiger partial charge in [-0.2, -0.15) is 0 Å². The summed E-state index contributed by atoms with van der Waals surface area (Å²) in [7, 11) is 0. The lowest BCUT2D eigenvalue weighted by Crippen LogP contribution is -2.10. The fourth-order valence-corrected chi connectivity index (χ4v) is 16.4. The molecule has 0 radical (unpaired) electrons. The molecule has 5 heterocycles. The van der Waals surface area contributed by atoms with Gasteiger partial charge in [0.05, 0.1) is 55.9 Å². The molecule has 0 fully saturated rings. The van der Waals surface area contributed by atoms with Crippen LogP contribution in [0.15, 0.2) is 358 Å². The number of nitrogens with zero attached hydrogens (tertiary/aromatic N) is 7. The molecular formula is C106H77F4N7. The molecule has 0 amide bonds. The van der Waals surface area contributed by atoms with Crippen LogP contribution in [0, 0.1) is 23.3 Å². The van der Waals surface area contributed by atoms with Gasteiger partial charge in [0.1, 0.15) is 23.3 Å². The molecule has 20 rings (SSSR count). The third-order valence-corrected chi connectivity index (χ3v) is 22.2. The first-order valence-corrected chi connectivity index (χ1v) is 39.3. The molecule has 0 unspecified atom stereocenters. The van der Waals surface area contributed by atoms with Gasteiger partial charge in [-0.15, -0.1) is 0 Å². The summed E-state index contributed by atoms with van der Waals surface area (Å²) in [4.78, 5) is 19.8. The predicted molar refractivity (Wildman–Crippen MR) is 473 cm³/mol. The molecule has 7 nitrogen and oxygen atoms in total. The second-order valence-electron chi connectivity index (χ2n) is 32.0. The van der Waals surface area contributed by atoms with Crippen molar-refractivity contribution < 1.29 is 17.6 Å². The standard InChI is InChI=1S/C60H50N4.C46H27F4N3/c1-59(2,3)44-29-31-56-50(36-44)48-25-10-12-27-54(48)63(56)46-23-15-20-41(34-46)40-19-14-21-42(33-40)53-38-52(39-17-8-7-9-18-39)61-58(62-53)43-22-16-24-47(35-43)64-55-28-13-11-26-49(55)51-37-45(60(4,5)6)30-32-57(51)64;47-35-19-33(20-36(48)25-35)43-27-42(51-46(52-43)34-21-37(49)26-38(50)22-34)30-12-8-11-29(17-30)32-18-31(28-9-2-1-3-10-28)23-39(24-32)53-44-15-6-4-13-40(44)41-14-5-7-16-45(41)53/h7-38H,1-6H3;1-27H. The Morgan fingerprint density at radius 1 is 0.197 bits per heavy atom. The van der Waals surface area contributed by atoms with E-state index in [4.69, 9.17) is 15.0 Å². The lowest BCUT2D eigenvalue weighted by atomic mass is 9.86. The monoisotopic (exact) mass is 1520 g/mol. The molecule has 20 aromatic rings. The van der Waals surface area contributed by atoms with E-state index in [1.165, 1.54) is 54.7 Å². The van der Waals surface area contributed by atoms with Crippen molar-refractivity contribution >= 4 is 65.4 Å². The highest BCUT2D eigenvalue weighted by Crippen LogP contribution is 2.43. The first kappa shape index (κ1) is 72.8. The Labute approximate surface area is 675 Å². The molecule has 0 atom stereocenters. The number of para-hydroxylation sites is 4. The van der Waals surface area contributed by atoms with E-state index >= 15 is 0 Å². The van der Waals surface area contributed by atoms with Gasteiger partial charge in [-0.3, -0.25) is 0 Å². The van der Waals surface area contributed by atoms with Crippen LogP contribution in [0.1, 0.15) is 52.7 Å². The lowest BCUT2D eigenvalue weighted by Gasteiger charge is -2.19. The average molecular weight is 1520 g/mol. The van der Waals surface area contributed by atoms with E-state index in [-0.39, 0.29) is 33.5 Å². The Morgan fingerprint density at radius 2 is 0.496 bits per heavy atom. The normalized spacial score (nSPS) is 11.8. The molecule has 0 saturated heterocycles. The van der Waals surface area contributed by atoms with Gasteiger partial charge in [0.25, 0.3) is 0 Å². The second-order valence-corrected chi connectivity index (χ2v) is 32.0. The largest absolute Gasteiger partial charge is 0.309 e. The summed E-state index contributed by atoms with van der Waals surface area (Å²) in [5.41, 5.74) is 25.4. The Kier molecular flexibility index (Phi) is 18.4. The van der Waals surface area contributed by atoms with Gasteiger partial charge in [0.15, 0.2) is 11.6 Å². The van der Waals surface area contributed by atoms with E-state index in [1.54, 1.807) is 6.07 Å². The van der Waals surface area contributed by atoms with Gasteiger partial charge in [-0.1, -0.05) is 248 Å². The Balaban J connectivity index is 0.000000159.